The largest absolute Gasteiger partial charge is 0.497 e. The molecule has 3 aromatic rings. The molecule has 174 valence electrons. The van der Waals surface area contributed by atoms with Crippen LogP contribution in [-0.2, 0) is 9.53 Å². The standard InChI is InChI=1S/C24H21N3O6S/c1-4-33-23(29)20-14(2)25-24-26(21(20)15-9-11-17(32-3)12-10-15)22(28)19(34-24)13-16-7-5-6-8-18(16)27(30)31/h5-13,21H,4H2,1-3H3/b19-13+. The second-order valence-electron chi connectivity index (χ2n) is 7.39. The zero-order chi connectivity index (χ0) is 24.4. The average Bonchev–Trinajstić information content (AvgIpc) is 3.13. The summed E-state index contributed by atoms with van der Waals surface area (Å²) in [5, 5.41) is 11.4. The van der Waals surface area contributed by atoms with Crippen molar-refractivity contribution in [2.45, 2.75) is 19.9 Å². The first-order valence-electron chi connectivity index (χ1n) is 10.4. The molecule has 0 N–H and O–H groups in total. The summed E-state index contributed by atoms with van der Waals surface area (Å²) in [5.41, 5.74) is 1.17. The van der Waals surface area contributed by atoms with Crippen molar-refractivity contribution < 1.29 is 19.2 Å². The Morgan fingerprint density at radius 2 is 1.94 bits per heavy atom. The van der Waals surface area contributed by atoms with Gasteiger partial charge in [-0.25, -0.2) is 9.79 Å². The Bertz CT molecular complexity index is 1480. The lowest BCUT2D eigenvalue weighted by atomic mass is 9.96. The number of thiazole rings is 1. The van der Waals surface area contributed by atoms with E-state index in [0.717, 1.165) is 11.3 Å². The lowest BCUT2D eigenvalue weighted by Gasteiger charge is -2.24. The van der Waals surface area contributed by atoms with Gasteiger partial charge in [-0.05, 0) is 43.7 Å². The monoisotopic (exact) mass is 479 g/mol. The van der Waals surface area contributed by atoms with Crippen LogP contribution < -0.4 is 19.6 Å². The number of carbonyl (C=O) groups excluding carboxylic acids is 1. The predicted molar refractivity (Wildman–Crippen MR) is 126 cm³/mol. The van der Waals surface area contributed by atoms with E-state index in [0.29, 0.717) is 27.4 Å². The van der Waals surface area contributed by atoms with E-state index in [1.165, 1.54) is 16.7 Å². The Morgan fingerprint density at radius 1 is 1.24 bits per heavy atom. The van der Waals surface area contributed by atoms with Gasteiger partial charge in [-0.15, -0.1) is 0 Å². The Kier molecular flexibility index (Phi) is 6.42. The number of benzene rings is 2. The maximum atomic E-state index is 13.6. The number of nitro benzene ring substituents is 1. The maximum absolute atomic E-state index is 13.6. The Balaban J connectivity index is 1.96. The number of fused-ring (bicyclic) bond motifs is 1. The summed E-state index contributed by atoms with van der Waals surface area (Å²) < 4.78 is 12.2. The zero-order valence-electron chi connectivity index (χ0n) is 18.7. The van der Waals surface area contributed by atoms with E-state index < -0.39 is 22.5 Å². The quantitative estimate of drug-likeness (QED) is 0.305. The number of carbonyl (C=O) groups is 1. The molecule has 0 amide bonds. The normalized spacial score (nSPS) is 15.5. The minimum Gasteiger partial charge on any atom is -0.497 e. The maximum Gasteiger partial charge on any atom is 0.338 e. The molecule has 10 heteroatoms. The molecule has 0 saturated heterocycles. The molecule has 2 aromatic carbocycles. The third-order valence-corrected chi connectivity index (χ3v) is 6.35. The lowest BCUT2D eigenvalue weighted by Crippen LogP contribution is -2.39. The van der Waals surface area contributed by atoms with Crippen molar-refractivity contribution in [3.63, 3.8) is 0 Å². The van der Waals surface area contributed by atoms with Gasteiger partial charge < -0.3 is 9.47 Å². The van der Waals surface area contributed by atoms with E-state index in [4.69, 9.17) is 9.47 Å². The van der Waals surface area contributed by atoms with Crippen LogP contribution in [0.2, 0.25) is 0 Å². The SMILES string of the molecule is CCOC(=O)C1=C(C)N=c2s/c(=C/c3ccccc3[N+](=O)[O-])c(=O)n2C1c1ccc(OC)cc1. The van der Waals surface area contributed by atoms with Crippen molar-refractivity contribution in [1.29, 1.82) is 0 Å². The first-order valence-corrected chi connectivity index (χ1v) is 11.2. The number of allylic oxidation sites excluding steroid dienone is 1. The number of esters is 1. The van der Waals surface area contributed by atoms with Gasteiger partial charge in [0.05, 0.1) is 46.0 Å². The van der Waals surface area contributed by atoms with E-state index in [-0.39, 0.29) is 22.4 Å². The molecule has 9 nitrogen and oxygen atoms in total. The number of hydrogen-bond acceptors (Lipinski definition) is 8. The van der Waals surface area contributed by atoms with Crippen molar-refractivity contribution in [3.8, 4) is 5.75 Å². The number of methoxy groups -OCH3 is 1. The topological polar surface area (TPSA) is 113 Å². The summed E-state index contributed by atoms with van der Waals surface area (Å²) in [6, 6.07) is 12.5. The van der Waals surface area contributed by atoms with Crippen LogP contribution in [0, 0.1) is 10.1 Å². The van der Waals surface area contributed by atoms with E-state index >= 15 is 0 Å². The molecule has 0 saturated carbocycles. The van der Waals surface area contributed by atoms with Gasteiger partial charge >= 0.3 is 5.97 Å². The molecule has 1 aliphatic rings. The fourth-order valence-electron chi connectivity index (χ4n) is 3.81. The molecule has 2 heterocycles. The molecule has 0 spiro atoms. The van der Waals surface area contributed by atoms with Crippen molar-refractivity contribution >= 4 is 29.1 Å². The van der Waals surface area contributed by atoms with Crippen LogP contribution in [0.15, 0.2) is 69.6 Å². The van der Waals surface area contributed by atoms with Crippen LogP contribution in [0.3, 0.4) is 0 Å². The van der Waals surface area contributed by atoms with Crippen LogP contribution >= 0.6 is 11.3 Å². The third-order valence-electron chi connectivity index (χ3n) is 5.37. The summed E-state index contributed by atoms with van der Waals surface area (Å²) in [6.07, 6.45) is 1.48. The van der Waals surface area contributed by atoms with Gasteiger partial charge in [-0.2, -0.15) is 0 Å². The van der Waals surface area contributed by atoms with Crippen molar-refractivity contribution in [1.82, 2.24) is 4.57 Å². The van der Waals surface area contributed by atoms with Gasteiger partial charge in [0.2, 0.25) is 0 Å². The highest BCUT2D eigenvalue weighted by atomic mass is 32.1. The second kappa shape index (κ2) is 9.44. The molecule has 0 aliphatic carbocycles. The number of nitro groups is 1. The average molecular weight is 480 g/mol. The fourth-order valence-corrected chi connectivity index (χ4v) is 4.85. The van der Waals surface area contributed by atoms with Gasteiger partial charge in [0.15, 0.2) is 4.80 Å². The molecule has 1 unspecified atom stereocenters. The molecule has 1 atom stereocenters. The van der Waals surface area contributed by atoms with Crippen molar-refractivity contribution in [2.24, 2.45) is 4.99 Å². The minimum atomic E-state index is -0.769. The number of rotatable bonds is 6. The first-order chi connectivity index (χ1) is 16.3. The van der Waals surface area contributed by atoms with E-state index in [1.54, 1.807) is 63.4 Å². The molecule has 0 bridgehead atoms. The highest BCUT2D eigenvalue weighted by molar-refractivity contribution is 7.07. The summed E-state index contributed by atoms with van der Waals surface area (Å²) in [5.74, 6) is 0.0727. The fraction of sp³-hybridized carbons (Fsp3) is 0.208. The number of hydrogen-bond donors (Lipinski definition) is 0. The van der Waals surface area contributed by atoms with Gasteiger partial charge in [-0.3, -0.25) is 19.5 Å². The first kappa shape index (κ1) is 23.1. The van der Waals surface area contributed by atoms with Gasteiger partial charge in [0.25, 0.3) is 11.2 Å². The summed E-state index contributed by atoms with van der Waals surface area (Å²) >= 11 is 1.11. The van der Waals surface area contributed by atoms with Gasteiger partial charge in [0, 0.05) is 6.07 Å². The number of ether oxygens (including phenoxy) is 2. The molecule has 1 aromatic heterocycles. The number of aromatic nitrogens is 1. The predicted octanol–water partition coefficient (Wildman–Crippen LogP) is 2.72. The third kappa shape index (κ3) is 4.15. The molecule has 34 heavy (non-hydrogen) atoms. The summed E-state index contributed by atoms with van der Waals surface area (Å²) in [7, 11) is 1.55. The molecule has 0 radical (unpaired) electrons. The lowest BCUT2D eigenvalue weighted by molar-refractivity contribution is -0.385. The minimum absolute atomic E-state index is 0.108. The smallest absolute Gasteiger partial charge is 0.338 e. The van der Waals surface area contributed by atoms with Crippen molar-refractivity contribution in [3.05, 3.63) is 101 Å². The molecule has 4 rings (SSSR count). The van der Waals surface area contributed by atoms with Crippen molar-refractivity contribution in [2.75, 3.05) is 13.7 Å². The molecule has 1 aliphatic heterocycles. The highest BCUT2D eigenvalue weighted by Crippen LogP contribution is 2.31. The zero-order valence-corrected chi connectivity index (χ0v) is 19.5. The van der Waals surface area contributed by atoms with Gasteiger partial charge in [0.1, 0.15) is 5.75 Å². The van der Waals surface area contributed by atoms with Crippen LogP contribution in [0.5, 0.6) is 5.75 Å². The summed E-state index contributed by atoms with van der Waals surface area (Å²) in [6.45, 7) is 3.58. The Morgan fingerprint density at radius 3 is 2.59 bits per heavy atom. The Hall–Kier alpha value is -4.05. The van der Waals surface area contributed by atoms with Gasteiger partial charge in [-0.1, -0.05) is 35.6 Å². The summed E-state index contributed by atoms with van der Waals surface area (Å²) in [4.78, 5) is 42.3. The van der Waals surface area contributed by atoms with E-state index in [2.05, 4.69) is 4.99 Å². The van der Waals surface area contributed by atoms with Crippen LogP contribution in [0.25, 0.3) is 6.08 Å². The molecular formula is C24H21N3O6S. The second-order valence-corrected chi connectivity index (χ2v) is 8.40. The molecular weight excluding hydrogens is 458 g/mol. The van der Waals surface area contributed by atoms with E-state index in [9.17, 15) is 19.7 Å². The Labute approximate surface area is 198 Å². The number of nitrogens with zero attached hydrogens (tertiary/aromatic N) is 3. The molecule has 0 fully saturated rings. The van der Waals surface area contributed by atoms with E-state index in [1.807, 2.05) is 0 Å². The number of para-hydroxylation sites is 1. The van der Waals surface area contributed by atoms with Crippen LogP contribution in [0.1, 0.15) is 31.0 Å². The highest BCUT2D eigenvalue weighted by Gasteiger charge is 2.33. The van der Waals surface area contributed by atoms with Crippen LogP contribution in [0.4, 0.5) is 5.69 Å². The van der Waals surface area contributed by atoms with Crippen LogP contribution in [-0.4, -0.2) is 29.2 Å².